The lowest BCUT2D eigenvalue weighted by atomic mass is 9.95. The predicted molar refractivity (Wildman–Crippen MR) is 128 cm³/mol. The van der Waals surface area contributed by atoms with Crippen molar-refractivity contribution >= 4 is 29.2 Å². The number of halogens is 5. The highest BCUT2D eigenvalue weighted by Crippen LogP contribution is 2.32. The molecule has 0 saturated heterocycles. The predicted octanol–water partition coefficient (Wildman–Crippen LogP) is 5.97. The molecule has 0 radical (unpaired) electrons. The number of esters is 2. The fourth-order valence-corrected chi connectivity index (χ4v) is 4.44. The number of nitrogens with zero attached hydrogens (tertiary/aromatic N) is 2. The van der Waals surface area contributed by atoms with Gasteiger partial charge in [0, 0.05) is 38.2 Å². The molecule has 1 aromatic heterocycles. The zero-order valence-electron chi connectivity index (χ0n) is 21.7. The summed E-state index contributed by atoms with van der Waals surface area (Å²) in [5.41, 5.74) is -0.506. The Morgan fingerprint density at radius 2 is 1.55 bits per heavy atom. The van der Waals surface area contributed by atoms with E-state index >= 15 is 0 Å². The standard InChI is InChI=1S/C25H29F5N2O5S/c1-7-12(4)8-17(34)32(6)15(11(2)3)9-16(36-13(5)33)24-31-14(10-38-24)25(35)37-23-21(29)19(27)18(26)20(28)22(23)30/h10-12,15-16H,7-9H2,1-6H3/t12?,15?,16-/m1/s1. The number of rotatable bonds is 11. The normalized spacial score (nSPS) is 13.7. The number of thiazole rings is 1. The van der Waals surface area contributed by atoms with Gasteiger partial charge < -0.3 is 14.4 Å². The zero-order chi connectivity index (χ0) is 28.9. The van der Waals surface area contributed by atoms with E-state index in [0.717, 1.165) is 23.1 Å². The molecule has 0 saturated carbocycles. The van der Waals surface area contributed by atoms with Gasteiger partial charge in [0.2, 0.25) is 40.7 Å². The van der Waals surface area contributed by atoms with E-state index in [-0.39, 0.29) is 35.2 Å². The van der Waals surface area contributed by atoms with Crippen LogP contribution in [0.5, 0.6) is 5.75 Å². The third-order valence-electron chi connectivity index (χ3n) is 6.02. The summed E-state index contributed by atoms with van der Waals surface area (Å²) in [5, 5.41) is 1.24. The second-order valence-corrected chi connectivity index (χ2v) is 10.1. The number of ether oxygens (including phenoxy) is 2. The highest BCUT2D eigenvalue weighted by atomic mass is 32.1. The van der Waals surface area contributed by atoms with Crippen LogP contribution in [-0.4, -0.2) is 40.8 Å². The molecule has 38 heavy (non-hydrogen) atoms. The van der Waals surface area contributed by atoms with E-state index in [2.05, 4.69) is 9.72 Å². The van der Waals surface area contributed by atoms with Gasteiger partial charge in [-0.2, -0.15) is 8.78 Å². The minimum Gasteiger partial charge on any atom is -0.455 e. The van der Waals surface area contributed by atoms with Crippen LogP contribution in [0.25, 0.3) is 0 Å². The van der Waals surface area contributed by atoms with E-state index in [9.17, 15) is 36.3 Å². The Kier molecular flexibility index (Phi) is 10.7. The quantitative estimate of drug-likeness (QED) is 0.110. The maximum absolute atomic E-state index is 13.9. The molecular weight excluding hydrogens is 535 g/mol. The number of amides is 1. The van der Waals surface area contributed by atoms with Gasteiger partial charge in [-0.05, 0) is 11.8 Å². The van der Waals surface area contributed by atoms with Crippen LogP contribution >= 0.6 is 11.3 Å². The van der Waals surface area contributed by atoms with E-state index < -0.39 is 58.6 Å². The molecule has 0 aliphatic heterocycles. The summed E-state index contributed by atoms with van der Waals surface area (Å²) >= 11 is 0.856. The SMILES string of the molecule is CCC(C)CC(=O)N(C)C(C[C@@H](OC(C)=O)c1nc(C(=O)Oc2c(F)c(F)c(F)c(F)c2F)cs1)C(C)C. The third-order valence-corrected chi connectivity index (χ3v) is 6.95. The molecule has 1 heterocycles. The maximum Gasteiger partial charge on any atom is 0.363 e. The second-order valence-electron chi connectivity index (χ2n) is 9.23. The highest BCUT2D eigenvalue weighted by molar-refractivity contribution is 7.09. The average molecular weight is 565 g/mol. The van der Waals surface area contributed by atoms with Crippen molar-refractivity contribution in [2.45, 2.75) is 66.0 Å². The van der Waals surface area contributed by atoms with Crippen LogP contribution in [0, 0.1) is 40.9 Å². The maximum atomic E-state index is 13.9. The average Bonchev–Trinajstić information content (AvgIpc) is 3.36. The molecule has 0 aliphatic rings. The van der Waals surface area contributed by atoms with Crippen molar-refractivity contribution in [3.05, 3.63) is 45.2 Å². The van der Waals surface area contributed by atoms with Crippen molar-refractivity contribution in [3.8, 4) is 5.75 Å². The molecule has 0 aliphatic carbocycles. The summed E-state index contributed by atoms with van der Waals surface area (Å²) < 4.78 is 77.8. The van der Waals surface area contributed by atoms with Gasteiger partial charge in [0.15, 0.2) is 11.8 Å². The molecule has 210 valence electrons. The van der Waals surface area contributed by atoms with Gasteiger partial charge in [0.05, 0.1) is 0 Å². The van der Waals surface area contributed by atoms with E-state index in [1.54, 1.807) is 11.9 Å². The van der Waals surface area contributed by atoms with E-state index in [4.69, 9.17) is 4.74 Å². The summed E-state index contributed by atoms with van der Waals surface area (Å²) in [7, 11) is 1.65. The van der Waals surface area contributed by atoms with Crippen LogP contribution in [0.15, 0.2) is 5.38 Å². The van der Waals surface area contributed by atoms with E-state index in [1.165, 1.54) is 6.92 Å². The largest absolute Gasteiger partial charge is 0.455 e. The molecule has 0 fully saturated rings. The van der Waals surface area contributed by atoms with Crippen LogP contribution in [-0.2, 0) is 14.3 Å². The number of hydrogen-bond acceptors (Lipinski definition) is 7. The monoisotopic (exact) mass is 564 g/mol. The fourth-order valence-electron chi connectivity index (χ4n) is 3.62. The molecule has 2 unspecified atom stereocenters. The van der Waals surface area contributed by atoms with Gasteiger partial charge in [-0.15, -0.1) is 11.3 Å². The second kappa shape index (κ2) is 13.1. The summed E-state index contributed by atoms with van der Waals surface area (Å²) in [6.45, 7) is 8.88. The molecule has 0 N–H and O–H groups in total. The van der Waals surface area contributed by atoms with Crippen molar-refractivity contribution in [2.24, 2.45) is 11.8 Å². The van der Waals surface area contributed by atoms with Crippen molar-refractivity contribution in [1.82, 2.24) is 9.88 Å². The first-order chi connectivity index (χ1) is 17.7. The van der Waals surface area contributed by atoms with Crippen molar-refractivity contribution in [2.75, 3.05) is 7.05 Å². The van der Waals surface area contributed by atoms with Gasteiger partial charge in [-0.25, -0.2) is 22.9 Å². The van der Waals surface area contributed by atoms with E-state index in [1.807, 2.05) is 27.7 Å². The van der Waals surface area contributed by atoms with Crippen molar-refractivity contribution in [1.29, 1.82) is 0 Å². The Bertz CT molecular complexity index is 1160. The first-order valence-electron chi connectivity index (χ1n) is 11.8. The third kappa shape index (κ3) is 7.27. The molecular formula is C25H29F5N2O5S. The summed E-state index contributed by atoms with van der Waals surface area (Å²) in [6.07, 6.45) is 0.281. The highest BCUT2D eigenvalue weighted by Gasteiger charge is 2.32. The van der Waals surface area contributed by atoms with Crippen LogP contribution in [0.2, 0.25) is 0 Å². The Morgan fingerprint density at radius 3 is 2.05 bits per heavy atom. The van der Waals surface area contributed by atoms with Gasteiger partial charge >= 0.3 is 11.9 Å². The van der Waals surface area contributed by atoms with Crippen molar-refractivity contribution in [3.63, 3.8) is 0 Å². The Morgan fingerprint density at radius 1 is 1.00 bits per heavy atom. The molecule has 1 aromatic carbocycles. The lowest BCUT2D eigenvalue weighted by Gasteiger charge is -2.34. The number of aromatic nitrogens is 1. The molecule has 2 aromatic rings. The van der Waals surface area contributed by atoms with Gasteiger partial charge in [-0.3, -0.25) is 9.59 Å². The Labute approximate surface area is 220 Å². The lowest BCUT2D eigenvalue weighted by molar-refractivity contribution is -0.148. The molecule has 2 rings (SSSR count). The van der Waals surface area contributed by atoms with Crippen LogP contribution in [0.4, 0.5) is 22.0 Å². The van der Waals surface area contributed by atoms with E-state index in [0.29, 0.717) is 6.42 Å². The number of benzene rings is 1. The Balaban J connectivity index is 2.31. The van der Waals surface area contributed by atoms with Gasteiger partial charge in [0.25, 0.3) is 0 Å². The van der Waals surface area contributed by atoms with Crippen LogP contribution < -0.4 is 4.74 Å². The zero-order valence-corrected chi connectivity index (χ0v) is 22.6. The Hall–Kier alpha value is -3.09. The molecule has 13 heteroatoms. The molecule has 0 spiro atoms. The topological polar surface area (TPSA) is 85.8 Å². The number of hydrogen-bond donors (Lipinski definition) is 0. The summed E-state index contributed by atoms with van der Waals surface area (Å²) in [5.74, 6) is -15.5. The van der Waals surface area contributed by atoms with Gasteiger partial charge in [0.1, 0.15) is 5.01 Å². The smallest absolute Gasteiger partial charge is 0.363 e. The molecule has 1 amide bonds. The minimum absolute atomic E-state index is 0.0578. The van der Waals surface area contributed by atoms with Crippen LogP contribution in [0.3, 0.4) is 0 Å². The minimum atomic E-state index is -2.40. The number of carbonyl (C=O) groups is 3. The molecule has 7 nitrogen and oxygen atoms in total. The first-order valence-corrected chi connectivity index (χ1v) is 12.7. The number of carbonyl (C=O) groups excluding carboxylic acids is 3. The van der Waals surface area contributed by atoms with Crippen molar-refractivity contribution < 1.29 is 45.8 Å². The summed E-state index contributed by atoms with van der Waals surface area (Å²) in [4.78, 5) is 42.6. The van der Waals surface area contributed by atoms with Gasteiger partial charge in [-0.1, -0.05) is 34.1 Å². The fraction of sp³-hybridized carbons (Fsp3) is 0.520. The van der Waals surface area contributed by atoms with Crippen LogP contribution in [0.1, 0.15) is 75.5 Å². The molecule has 0 bridgehead atoms. The lowest BCUT2D eigenvalue weighted by Crippen LogP contribution is -2.42. The first kappa shape index (κ1) is 31.1. The summed E-state index contributed by atoms with van der Waals surface area (Å²) in [6, 6.07) is -0.386. The molecule has 3 atom stereocenters.